The number of nitrogens with zero attached hydrogens (tertiary/aromatic N) is 4. The number of anilines is 1. The van der Waals surface area contributed by atoms with E-state index in [-0.39, 0.29) is 11.9 Å². The Bertz CT molecular complexity index is 1100. The van der Waals surface area contributed by atoms with Crippen LogP contribution in [0.1, 0.15) is 19.4 Å². The second-order valence-corrected chi connectivity index (χ2v) is 8.63. The van der Waals surface area contributed by atoms with Crippen LogP contribution in [0.4, 0.5) is 24.5 Å². The van der Waals surface area contributed by atoms with Crippen LogP contribution in [0.3, 0.4) is 0 Å². The molecule has 10 heteroatoms. The fourth-order valence-electron chi connectivity index (χ4n) is 2.80. The van der Waals surface area contributed by atoms with Crippen LogP contribution in [0.5, 0.6) is 0 Å². The first-order valence-corrected chi connectivity index (χ1v) is 10.2. The van der Waals surface area contributed by atoms with Gasteiger partial charge in [0.25, 0.3) is 0 Å². The first-order valence-electron chi connectivity index (χ1n) is 8.95. The van der Waals surface area contributed by atoms with E-state index in [1.165, 1.54) is 23.5 Å². The fraction of sp³-hybridized carbons (Fsp3) is 0.250. The highest BCUT2D eigenvalue weighted by molar-refractivity contribution is 7.82. The average molecular weight is 450 g/mol. The summed E-state index contributed by atoms with van der Waals surface area (Å²) < 4.78 is 40.0. The molecule has 3 aromatic rings. The van der Waals surface area contributed by atoms with E-state index < -0.39 is 11.7 Å². The standard InChI is InChI=1S/C20H18F3N5S2/c1-12(2)10-28(15-7-8-16-17(9-15)30-19(29)27-16)18(25-11-24)26-14-5-3-13(4-6-14)20(21,22)23/h3-9,12H,10H2,1-2H3,(H,25,26)(H,27,29). The highest BCUT2D eigenvalue weighted by atomic mass is 32.2. The molecule has 0 radical (unpaired) electrons. The van der Waals surface area contributed by atoms with Crippen molar-refractivity contribution >= 4 is 51.5 Å². The van der Waals surface area contributed by atoms with Crippen LogP contribution in [0, 0.1) is 17.4 Å². The van der Waals surface area contributed by atoms with Crippen LogP contribution in [0.2, 0.25) is 0 Å². The summed E-state index contributed by atoms with van der Waals surface area (Å²) in [5.41, 5.74) is 1.13. The Morgan fingerprint density at radius 1 is 1.27 bits per heavy atom. The first-order chi connectivity index (χ1) is 14.2. The smallest absolute Gasteiger partial charge is 0.311 e. The lowest BCUT2D eigenvalue weighted by atomic mass is 10.2. The number of aromatic nitrogens is 1. The summed E-state index contributed by atoms with van der Waals surface area (Å²) in [5.74, 6) is 0.446. The Kier molecular flexibility index (Phi) is 6.53. The number of benzene rings is 2. The van der Waals surface area contributed by atoms with Crippen molar-refractivity contribution in [1.82, 2.24) is 10.3 Å². The van der Waals surface area contributed by atoms with Crippen molar-refractivity contribution in [3.63, 3.8) is 0 Å². The number of hydrogen-bond acceptors (Lipinski definition) is 5. The number of halogens is 3. The molecule has 30 heavy (non-hydrogen) atoms. The maximum Gasteiger partial charge on any atom is 0.416 e. The van der Waals surface area contributed by atoms with E-state index in [4.69, 9.17) is 0 Å². The van der Waals surface area contributed by atoms with Crippen molar-refractivity contribution in [3.05, 3.63) is 48.0 Å². The Morgan fingerprint density at radius 3 is 2.57 bits per heavy atom. The zero-order chi connectivity index (χ0) is 21.9. The van der Waals surface area contributed by atoms with E-state index in [1.807, 2.05) is 43.1 Å². The van der Waals surface area contributed by atoms with Gasteiger partial charge < -0.3 is 4.90 Å². The lowest BCUT2D eigenvalue weighted by molar-refractivity contribution is -0.137. The normalized spacial score (nSPS) is 12.3. The number of nitrogens with one attached hydrogen (secondary N) is 1. The van der Waals surface area contributed by atoms with Gasteiger partial charge in [-0.2, -0.15) is 18.4 Å². The van der Waals surface area contributed by atoms with E-state index in [9.17, 15) is 18.4 Å². The lowest BCUT2D eigenvalue weighted by Gasteiger charge is -2.27. The molecule has 0 fully saturated rings. The fourth-order valence-corrected chi connectivity index (χ4v) is 3.94. The van der Waals surface area contributed by atoms with Crippen LogP contribution >= 0.6 is 24.0 Å². The maximum atomic E-state index is 12.8. The summed E-state index contributed by atoms with van der Waals surface area (Å²) >= 11 is 5.72. The van der Waals surface area contributed by atoms with Crippen molar-refractivity contribution in [1.29, 1.82) is 5.26 Å². The predicted molar refractivity (Wildman–Crippen MR) is 116 cm³/mol. The average Bonchev–Trinajstić information content (AvgIpc) is 3.04. The Hall–Kier alpha value is -2.77. The van der Waals surface area contributed by atoms with Crippen molar-refractivity contribution in [3.8, 4) is 6.19 Å². The zero-order valence-corrected chi connectivity index (χ0v) is 17.8. The molecule has 0 aliphatic carbocycles. The summed E-state index contributed by atoms with van der Waals surface area (Å²) in [6.45, 7) is 4.57. The molecule has 3 rings (SSSR count). The number of thiol groups is 1. The number of aliphatic imine (C=N–C) groups is 1. The van der Waals surface area contributed by atoms with Crippen LogP contribution in [-0.2, 0) is 6.18 Å². The van der Waals surface area contributed by atoms with E-state index in [0.717, 1.165) is 28.0 Å². The van der Waals surface area contributed by atoms with Gasteiger partial charge in [0, 0.05) is 12.2 Å². The van der Waals surface area contributed by atoms with Crippen LogP contribution in [0.25, 0.3) is 10.2 Å². The lowest BCUT2D eigenvalue weighted by Crippen LogP contribution is -2.41. The molecule has 0 spiro atoms. The van der Waals surface area contributed by atoms with Gasteiger partial charge in [-0.1, -0.05) is 13.8 Å². The molecule has 0 saturated carbocycles. The molecule has 1 heterocycles. The molecule has 0 bridgehead atoms. The molecule has 1 N–H and O–H groups in total. The number of hydrogen-bond donors (Lipinski definition) is 2. The minimum atomic E-state index is -4.42. The topological polar surface area (TPSA) is 64.3 Å². The molecule has 0 aliphatic rings. The predicted octanol–water partition coefficient (Wildman–Crippen LogP) is 5.82. The molecule has 0 amide bonds. The maximum absolute atomic E-state index is 12.8. The number of thiazole rings is 1. The molecule has 1 aromatic heterocycles. The summed E-state index contributed by atoms with van der Waals surface area (Å²) in [5, 5.41) is 11.8. The number of fused-ring (bicyclic) bond motifs is 1. The third kappa shape index (κ3) is 5.23. The highest BCUT2D eigenvalue weighted by Crippen LogP contribution is 2.31. The largest absolute Gasteiger partial charge is 0.416 e. The van der Waals surface area contributed by atoms with Gasteiger partial charge >= 0.3 is 6.18 Å². The second kappa shape index (κ2) is 8.93. The molecular formula is C20H18F3N5S2. The first kappa shape index (κ1) is 21.9. The summed E-state index contributed by atoms with van der Waals surface area (Å²) in [7, 11) is 0. The third-order valence-electron chi connectivity index (χ3n) is 4.07. The molecule has 0 aliphatic heterocycles. The van der Waals surface area contributed by atoms with E-state index in [1.54, 1.807) is 0 Å². The Balaban J connectivity index is 2.03. The third-order valence-corrected chi connectivity index (χ3v) is 5.27. The number of rotatable bonds is 4. The Labute approximate surface area is 181 Å². The summed E-state index contributed by atoms with van der Waals surface area (Å²) in [6.07, 6.45) is -2.56. The molecule has 0 atom stereocenters. The molecule has 5 nitrogen and oxygen atoms in total. The molecular weight excluding hydrogens is 431 g/mol. The highest BCUT2D eigenvalue weighted by Gasteiger charge is 2.30. The van der Waals surface area contributed by atoms with Crippen molar-refractivity contribution in [2.75, 3.05) is 11.4 Å². The summed E-state index contributed by atoms with van der Waals surface area (Å²) in [6, 6.07) is 10.1. The monoisotopic (exact) mass is 449 g/mol. The van der Waals surface area contributed by atoms with Gasteiger partial charge in [0.1, 0.15) is 4.34 Å². The van der Waals surface area contributed by atoms with Gasteiger partial charge in [-0.3, -0.25) is 5.32 Å². The van der Waals surface area contributed by atoms with Crippen LogP contribution < -0.4 is 10.2 Å². The van der Waals surface area contributed by atoms with Gasteiger partial charge in [0.2, 0.25) is 5.96 Å². The minimum absolute atomic E-state index is 0.223. The van der Waals surface area contributed by atoms with Crippen molar-refractivity contribution < 1.29 is 13.2 Å². The quantitative estimate of drug-likeness (QED) is 0.173. The van der Waals surface area contributed by atoms with Crippen LogP contribution in [0.15, 0.2) is 51.8 Å². The zero-order valence-electron chi connectivity index (χ0n) is 16.1. The second-order valence-electron chi connectivity index (χ2n) is 6.87. The molecule has 2 aromatic carbocycles. The SMILES string of the molecule is CC(C)CN(/C(=N/c1ccc(C(F)(F)F)cc1)NC#N)c1ccc2nc(S)sc2c1. The molecule has 0 saturated heterocycles. The number of guanidine groups is 1. The molecule has 156 valence electrons. The van der Waals surface area contributed by atoms with Gasteiger partial charge in [0.15, 0.2) is 6.19 Å². The minimum Gasteiger partial charge on any atom is -0.311 e. The molecule has 0 unspecified atom stereocenters. The van der Waals surface area contributed by atoms with Gasteiger partial charge in [0.05, 0.1) is 21.5 Å². The van der Waals surface area contributed by atoms with E-state index >= 15 is 0 Å². The van der Waals surface area contributed by atoms with Gasteiger partial charge in [-0.25, -0.2) is 9.98 Å². The summed E-state index contributed by atoms with van der Waals surface area (Å²) in [4.78, 5) is 10.5. The van der Waals surface area contributed by atoms with Crippen molar-refractivity contribution in [2.24, 2.45) is 10.9 Å². The van der Waals surface area contributed by atoms with Crippen LogP contribution in [-0.4, -0.2) is 17.5 Å². The van der Waals surface area contributed by atoms with Gasteiger partial charge in [-0.05, 0) is 48.4 Å². The van der Waals surface area contributed by atoms with E-state index in [0.29, 0.717) is 16.6 Å². The van der Waals surface area contributed by atoms with Gasteiger partial charge in [-0.15, -0.1) is 24.0 Å². The number of nitriles is 1. The number of alkyl halides is 3. The Morgan fingerprint density at radius 2 is 1.97 bits per heavy atom. The van der Waals surface area contributed by atoms with E-state index in [2.05, 4.69) is 27.9 Å². The van der Waals surface area contributed by atoms with Crippen molar-refractivity contribution in [2.45, 2.75) is 24.4 Å².